The number of benzene rings is 1. The van der Waals surface area contributed by atoms with Gasteiger partial charge in [0.2, 0.25) is 0 Å². The summed E-state index contributed by atoms with van der Waals surface area (Å²) in [5.41, 5.74) is 4.80. The Morgan fingerprint density at radius 3 is 2.50 bits per heavy atom. The first-order valence-corrected chi connectivity index (χ1v) is 3.39. The van der Waals surface area contributed by atoms with Gasteiger partial charge in [0.05, 0.1) is 5.56 Å². The topological polar surface area (TPSA) is 49.9 Å². The van der Waals surface area contributed by atoms with Gasteiger partial charge in [0, 0.05) is 0 Å². The molecule has 0 heterocycles. The Bertz CT molecular complexity index is 338. The van der Waals surface area contributed by atoms with Crippen molar-refractivity contribution in [3.8, 4) is 0 Å². The van der Waals surface area contributed by atoms with Crippen LogP contribution < -0.4 is 5.73 Å². The fourth-order valence-corrected chi connectivity index (χ4v) is 0.899. The van der Waals surface area contributed by atoms with Crippen LogP contribution in [-0.4, -0.2) is 5.84 Å². The van der Waals surface area contributed by atoms with Gasteiger partial charge in [-0.05, 0) is 12.1 Å². The Morgan fingerprint density at radius 2 is 2.00 bits per heavy atom. The summed E-state index contributed by atoms with van der Waals surface area (Å²) in [6.45, 7) is 0. The van der Waals surface area contributed by atoms with Crippen molar-refractivity contribution < 1.29 is 8.78 Å². The molecule has 0 aromatic heterocycles. The summed E-state index contributed by atoms with van der Waals surface area (Å²) >= 11 is 5.22. The number of nitrogen functional groups attached to an aromatic ring is 1. The van der Waals surface area contributed by atoms with Gasteiger partial charge in [0.25, 0.3) is 0 Å². The first-order valence-electron chi connectivity index (χ1n) is 3.02. The first-order chi connectivity index (χ1) is 5.54. The Labute approximate surface area is 72.5 Å². The maximum atomic E-state index is 12.9. The number of hydrogen-bond donors (Lipinski definition) is 2. The van der Waals surface area contributed by atoms with E-state index in [1.54, 1.807) is 0 Å². The summed E-state index contributed by atoms with van der Waals surface area (Å²) in [6.07, 6.45) is 0. The number of amidine groups is 1. The lowest BCUT2D eigenvalue weighted by Crippen LogP contribution is -2.13. The van der Waals surface area contributed by atoms with Gasteiger partial charge in [-0.2, -0.15) is 0 Å². The van der Waals surface area contributed by atoms with Crippen molar-refractivity contribution in [3.05, 3.63) is 34.4 Å². The van der Waals surface area contributed by atoms with Crippen LogP contribution in [0, 0.1) is 17.0 Å². The molecule has 5 heteroatoms. The molecule has 0 fully saturated rings. The molecule has 0 unspecified atom stereocenters. The van der Waals surface area contributed by atoms with E-state index in [1.807, 2.05) is 0 Å². The summed E-state index contributed by atoms with van der Waals surface area (Å²) < 4.78 is 25.5. The minimum atomic E-state index is -0.996. The maximum Gasteiger partial charge on any atom is 0.155 e. The number of halogens is 3. The molecule has 0 radical (unpaired) electrons. The van der Waals surface area contributed by atoms with Gasteiger partial charge in [-0.1, -0.05) is 11.6 Å². The van der Waals surface area contributed by atoms with E-state index in [-0.39, 0.29) is 5.56 Å². The smallest absolute Gasteiger partial charge is 0.155 e. The second kappa shape index (κ2) is 3.06. The molecule has 0 amide bonds. The third kappa shape index (κ3) is 1.38. The summed E-state index contributed by atoms with van der Waals surface area (Å²) in [7, 11) is 0. The van der Waals surface area contributed by atoms with E-state index < -0.39 is 22.5 Å². The summed E-state index contributed by atoms with van der Waals surface area (Å²) in [4.78, 5) is 0. The van der Waals surface area contributed by atoms with Crippen LogP contribution in [0.4, 0.5) is 8.78 Å². The van der Waals surface area contributed by atoms with Crippen molar-refractivity contribution in [2.45, 2.75) is 0 Å². The fourth-order valence-electron chi connectivity index (χ4n) is 0.734. The standard InChI is InChI=1S/C7H5ClF2N2/c8-5-4(9)2-1-3(6(5)10)7(11)12/h1-2H,(H3,11,12). The minimum absolute atomic E-state index is 0.193. The van der Waals surface area contributed by atoms with Crippen LogP contribution in [0.25, 0.3) is 0 Å². The van der Waals surface area contributed by atoms with Gasteiger partial charge in [0.1, 0.15) is 16.7 Å². The second-order valence-corrected chi connectivity index (χ2v) is 2.51. The van der Waals surface area contributed by atoms with E-state index in [9.17, 15) is 8.78 Å². The second-order valence-electron chi connectivity index (χ2n) is 2.14. The number of nitrogens with two attached hydrogens (primary N) is 1. The number of rotatable bonds is 1. The predicted molar refractivity (Wildman–Crippen MR) is 42.4 cm³/mol. The van der Waals surface area contributed by atoms with Gasteiger partial charge in [-0.3, -0.25) is 5.41 Å². The lowest BCUT2D eigenvalue weighted by Gasteiger charge is -2.02. The molecular weight excluding hydrogens is 186 g/mol. The monoisotopic (exact) mass is 190 g/mol. The highest BCUT2D eigenvalue weighted by atomic mass is 35.5. The van der Waals surface area contributed by atoms with Gasteiger partial charge in [-0.25, -0.2) is 8.78 Å². The summed E-state index contributed by atoms with van der Waals surface area (Å²) in [6, 6.07) is 2.03. The van der Waals surface area contributed by atoms with Crippen molar-refractivity contribution in [1.29, 1.82) is 5.41 Å². The number of nitrogens with one attached hydrogen (secondary N) is 1. The molecule has 12 heavy (non-hydrogen) atoms. The molecule has 1 aromatic rings. The highest BCUT2D eigenvalue weighted by Crippen LogP contribution is 2.21. The van der Waals surface area contributed by atoms with Crippen molar-refractivity contribution >= 4 is 17.4 Å². The quantitative estimate of drug-likeness (QED) is 0.397. The number of hydrogen-bond acceptors (Lipinski definition) is 1. The molecule has 0 saturated carbocycles. The van der Waals surface area contributed by atoms with Crippen LogP contribution in [0.15, 0.2) is 12.1 Å². The zero-order chi connectivity index (χ0) is 9.30. The van der Waals surface area contributed by atoms with Crippen LogP contribution in [0.1, 0.15) is 5.56 Å². The lowest BCUT2D eigenvalue weighted by molar-refractivity contribution is 0.582. The van der Waals surface area contributed by atoms with E-state index >= 15 is 0 Å². The molecule has 1 rings (SSSR count). The molecule has 0 aliphatic carbocycles. The van der Waals surface area contributed by atoms with Crippen molar-refractivity contribution in [2.75, 3.05) is 0 Å². The van der Waals surface area contributed by atoms with E-state index in [4.69, 9.17) is 22.7 Å². The molecular formula is C7H5ClF2N2. The van der Waals surface area contributed by atoms with Gasteiger partial charge >= 0.3 is 0 Å². The van der Waals surface area contributed by atoms with Crippen LogP contribution in [0.5, 0.6) is 0 Å². The van der Waals surface area contributed by atoms with E-state index in [0.29, 0.717) is 0 Å². The largest absolute Gasteiger partial charge is 0.384 e. The molecule has 0 saturated heterocycles. The molecule has 0 aliphatic rings. The van der Waals surface area contributed by atoms with Gasteiger partial charge in [-0.15, -0.1) is 0 Å². The predicted octanol–water partition coefficient (Wildman–Crippen LogP) is 1.90. The van der Waals surface area contributed by atoms with Gasteiger partial charge < -0.3 is 5.73 Å². The average molecular weight is 191 g/mol. The molecule has 2 nitrogen and oxygen atoms in total. The SMILES string of the molecule is N=C(N)c1ccc(F)c(Cl)c1F. The Hall–Kier alpha value is -1.16. The normalized spacial score (nSPS) is 9.92. The molecule has 0 aliphatic heterocycles. The van der Waals surface area contributed by atoms with Crippen LogP contribution in [0.3, 0.4) is 0 Å². The Balaban J connectivity index is 3.36. The average Bonchev–Trinajstić information content (AvgIpc) is 2.00. The minimum Gasteiger partial charge on any atom is -0.384 e. The molecule has 1 aromatic carbocycles. The van der Waals surface area contributed by atoms with Crippen molar-refractivity contribution in [2.24, 2.45) is 5.73 Å². The highest BCUT2D eigenvalue weighted by molar-refractivity contribution is 6.31. The van der Waals surface area contributed by atoms with Crippen LogP contribution in [-0.2, 0) is 0 Å². The zero-order valence-electron chi connectivity index (χ0n) is 5.87. The maximum absolute atomic E-state index is 12.9. The van der Waals surface area contributed by atoms with Crippen LogP contribution in [0.2, 0.25) is 5.02 Å². The van der Waals surface area contributed by atoms with E-state index in [0.717, 1.165) is 12.1 Å². The molecule has 3 N–H and O–H groups in total. The third-order valence-corrected chi connectivity index (χ3v) is 1.67. The highest BCUT2D eigenvalue weighted by Gasteiger charge is 2.12. The van der Waals surface area contributed by atoms with Crippen molar-refractivity contribution in [1.82, 2.24) is 0 Å². The molecule has 0 spiro atoms. The molecule has 64 valence electrons. The Kier molecular flexibility index (Phi) is 2.28. The van der Waals surface area contributed by atoms with Crippen molar-refractivity contribution in [3.63, 3.8) is 0 Å². The summed E-state index contributed by atoms with van der Waals surface area (Å²) in [5.74, 6) is -2.34. The summed E-state index contributed by atoms with van der Waals surface area (Å²) in [5, 5.41) is 6.26. The van der Waals surface area contributed by atoms with Gasteiger partial charge in [0.15, 0.2) is 5.82 Å². The molecule has 0 atom stereocenters. The first kappa shape index (κ1) is 8.93. The van der Waals surface area contributed by atoms with E-state index in [2.05, 4.69) is 0 Å². The third-order valence-electron chi connectivity index (χ3n) is 1.33. The lowest BCUT2D eigenvalue weighted by atomic mass is 10.2. The van der Waals surface area contributed by atoms with E-state index in [1.165, 1.54) is 0 Å². The fraction of sp³-hybridized carbons (Fsp3) is 0. The molecule has 0 bridgehead atoms. The van der Waals surface area contributed by atoms with Crippen LogP contribution >= 0.6 is 11.6 Å². The zero-order valence-corrected chi connectivity index (χ0v) is 6.62. The Morgan fingerprint density at radius 1 is 1.42 bits per heavy atom.